The Labute approximate surface area is 190 Å². The average Bonchev–Trinajstić information content (AvgIpc) is 2.89. The van der Waals surface area contributed by atoms with Gasteiger partial charge in [0, 0.05) is 42.0 Å². The molecule has 11 heteroatoms. The summed E-state index contributed by atoms with van der Waals surface area (Å²) >= 11 is 13.5. The van der Waals surface area contributed by atoms with Gasteiger partial charge in [0.25, 0.3) is 0 Å². The standard InChI is InChI=1S/C19H23Cl2N3O4S2/c1-13-19(14(2)28-22-13)30(26,27)24-7-3-6-23(8-9-24)18(25)12-29-11-15-4-5-16(20)10-17(15)21/h4-5,10H,3,6-9,11-12H2,1-2H3. The van der Waals surface area contributed by atoms with E-state index in [1.807, 2.05) is 6.07 Å². The van der Waals surface area contributed by atoms with Crippen molar-refractivity contribution in [1.82, 2.24) is 14.4 Å². The minimum Gasteiger partial charge on any atom is -0.360 e. The van der Waals surface area contributed by atoms with Crippen LogP contribution >= 0.6 is 35.0 Å². The smallest absolute Gasteiger partial charge is 0.248 e. The van der Waals surface area contributed by atoms with E-state index in [0.717, 1.165) is 5.56 Å². The van der Waals surface area contributed by atoms with Crippen LogP contribution in [0.2, 0.25) is 10.0 Å². The SMILES string of the molecule is Cc1noc(C)c1S(=O)(=O)N1CCCN(C(=O)CSCc2ccc(Cl)cc2Cl)CC1. The summed E-state index contributed by atoms with van der Waals surface area (Å²) < 4.78 is 32.4. The van der Waals surface area contributed by atoms with E-state index in [1.54, 1.807) is 30.9 Å². The molecule has 1 aliphatic rings. The minimum atomic E-state index is -3.71. The van der Waals surface area contributed by atoms with Gasteiger partial charge in [0.1, 0.15) is 10.6 Å². The zero-order valence-electron chi connectivity index (χ0n) is 16.7. The normalized spacial score (nSPS) is 15.9. The van der Waals surface area contributed by atoms with Crippen molar-refractivity contribution < 1.29 is 17.7 Å². The number of aromatic nitrogens is 1. The lowest BCUT2D eigenvalue weighted by Gasteiger charge is -2.22. The molecule has 1 aromatic heterocycles. The molecule has 30 heavy (non-hydrogen) atoms. The lowest BCUT2D eigenvalue weighted by atomic mass is 10.2. The molecule has 0 saturated carbocycles. The molecular weight excluding hydrogens is 469 g/mol. The number of sulfonamides is 1. The van der Waals surface area contributed by atoms with Crippen LogP contribution in [-0.4, -0.2) is 60.6 Å². The van der Waals surface area contributed by atoms with Crippen LogP contribution in [-0.2, 0) is 20.6 Å². The van der Waals surface area contributed by atoms with Crippen LogP contribution in [0.4, 0.5) is 0 Å². The van der Waals surface area contributed by atoms with Gasteiger partial charge in [0.15, 0.2) is 5.76 Å². The third-order valence-electron chi connectivity index (χ3n) is 4.87. The van der Waals surface area contributed by atoms with Gasteiger partial charge in [0.05, 0.1) is 5.75 Å². The van der Waals surface area contributed by atoms with E-state index in [2.05, 4.69) is 5.16 Å². The van der Waals surface area contributed by atoms with Gasteiger partial charge in [-0.15, -0.1) is 11.8 Å². The molecule has 2 heterocycles. The van der Waals surface area contributed by atoms with Crippen LogP contribution < -0.4 is 0 Å². The molecular formula is C19H23Cl2N3O4S2. The zero-order valence-corrected chi connectivity index (χ0v) is 19.9. The summed E-state index contributed by atoms with van der Waals surface area (Å²) in [4.78, 5) is 14.5. The number of nitrogens with zero attached hydrogens (tertiary/aromatic N) is 3. The molecule has 0 N–H and O–H groups in total. The van der Waals surface area contributed by atoms with Crippen LogP contribution in [0.25, 0.3) is 0 Å². The van der Waals surface area contributed by atoms with Crippen LogP contribution in [0.5, 0.6) is 0 Å². The fraction of sp³-hybridized carbons (Fsp3) is 0.474. The van der Waals surface area contributed by atoms with Crippen LogP contribution in [0.3, 0.4) is 0 Å². The number of rotatable bonds is 6. The lowest BCUT2D eigenvalue weighted by molar-refractivity contribution is -0.128. The van der Waals surface area contributed by atoms with Gasteiger partial charge >= 0.3 is 0 Å². The Hall–Kier alpha value is -1.26. The molecule has 0 unspecified atom stereocenters. The van der Waals surface area contributed by atoms with Crippen molar-refractivity contribution in [3.63, 3.8) is 0 Å². The summed E-state index contributed by atoms with van der Waals surface area (Å²) in [6.45, 7) is 4.67. The van der Waals surface area contributed by atoms with Crippen molar-refractivity contribution >= 4 is 50.9 Å². The second-order valence-corrected chi connectivity index (χ2v) is 10.7. The molecule has 164 valence electrons. The number of amides is 1. The number of halogens is 2. The van der Waals surface area contributed by atoms with Crippen LogP contribution in [0.1, 0.15) is 23.4 Å². The zero-order chi connectivity index (χ0) is 21.9. The van der Waals surface area contributed by atoms with Gasteiger partial charge in [-0.2, -0.15) is 4.31 Å². The highest BCUT2D eigenvalue weighted by Gasteiger charge is 2.32. The average molecular weight is 492 g/mol. The number of hydrogen-bond acceptors (Lipinski definition) is 6. The predicted molar refractivity (Wildman–Crippen MR) is 119 cm³/mol. The van der Waals surface area contributed by atoms with Gasteiger partial charge in [0.2, 0.25) is 15.9 Å². The Morgan fingerprint density at radius 2 is 1.97 bits per heavy atom. The molecule has 1 saturated heterocycles. The van der Waals surface area contributed by atoms with E-state index in [0.29, 0.717) is 53.3 Å². The third kappa shape index (κ3) is 5.31. The first-order valence-corrected chi connectivity index (χ1v) is 12.8. The first-order chi connectivity index (χ1) is 14.2. The van der Waals surface area contributed by atoms with Crippen LogP contribution in [0.15, 0.2) is 27.6 Å². The Kier molecular flexibility index (Phi) is 7.73. The largest absolute Gasteiger partial charge is 0.360 e. The monoisotopic (exact) mass is 491 g/mol. The maximum absolute atomic E-state index is 13.0. The topological polar surface area (TPSA) is 83.7 Å². The molecule has 0 atom stereocenters. The second-order valence-electron chi connectivity index (χ2n) is 7.02. The highest BCUT2D eigenvalue weighted by molar-refractivity contribution is 7.99. The van der Waals surface area contributed by atoms with E-state index in [4.69, 9.17) is 27.7 Å². The van der Waals surface area contributed by atoms with Gasteiger partial charge in [-0.1, -0.05) is 34.4 Å². The number of carbonyl (C=O) groups is 1. The maximum atomic E-state index is 13.0. The molecule has 2 aromatic rings. The second kappa shape index (κ2) is 9.91. The summed E-state index contributed by atoms with van der Waals surface area (Å²) in [6, 6.07) is 5.31. The van der Waals surface area contributed by atoms with Gasteiger partial charge in [-0.25, -0.2) is 8.42 Å². The summed E-state index contributed by atoms with van der Waals surface area (Å²) in [6.07, 6.45) is 0.571. The Morgan fingerprint density at radius 1 is 1.20 bits per heavy atom. The molecule has 0 bridgehead atoms. The predicted octanol–water partition coefficient (Wildman–Crippen LogP) is 3.75. The van der Waals surface area contributed by atoms with Crippen molar-refractivity contribution in [2.24, 2.45) is 0 Å². The maximum Gasteiger partial charge on any atom is 0.248 e. The summed E-state index contributed by atoms with van der Waals surface area (Å²) in [5.41, 5.74) is 1.27. The highest BCUT2D eigenvalue weighted by Crippen LogP contribution is 2.26. The van der Waals surface area contributed by atoms with Gasteiger partial charge < -0.3 is 9.42 Å². The molecule has 1 aliphatic heterocycles. The summed E-state index contributed by atoms with van der Waals surface area (Å²) in [5, 5.41) is 4.90. The summed E-state index contributed by atoms with van der Waals surface area (Å²) in [5.74, 6) is 1.17. The van der Waals surface area contributed by atoms with Crippen molar-refractivity contribution in [1.29, 1.82) is 0 Å². The van der Waals surface area contributed by atoms with E-state index in [-0.39, 0.29) is 23.1 Å². The minimum absolute atomic E-state index is 0.0123. The molecule has 0 spiro atoms. The highest BCUT2D eigenvalue weighted by atomic mass is 35.5. The molecule has 1 fully saturated rings. The van der Waals surface area contributed by atoms with E-state index in [1.165, 1.54) is 16.1 Å². The quantitative estimate of drug-likeness (QED) is 0.611. The molecule has 0 aliphatic carbocycles. The molecule has 1 amide bonds. The summed E-state index contributed by atoms with van der Waals surface area (Å²) in [7, 11) is -3.71. The first-order valence-electron chi connectivity index (χ1n) is 9.42. The van der Waals surface area contributed by atoms with Crippen molar-refractivity contribution in [3.8, 4) is 0 Å². The lowest BCUT2D eigenvalue weighted by Crippen LogP contribution is -2.38. The molecule has 1 aromatic carbocycles. The number of benzene rings is 1. The van der Waals surface area contributed by atoms with E-state index < -0.39 is 10.0 Å². The van der Waals surface area contributed by atoms with Crippen molar-refractivity contribution in [2.45, 2.75) is 30.9 Å². The van der Waals surface area contributed by atoms with Crippen molar-refractivity contribution in [3.05, 3.63) is 45.3 Å². The third-order valence-corrected chi connectivity index (χ3v) is 8.57. The number of thioether (sulfide) groups is 1. The molecule has 7 nitrogen and oxygen atoms in total. The van der Waals surface area contributed by atoms with Gasteiger partial charge in [-0.05, 0) is 38.0 Å². The number of hydrogen-bond donors (Lipinski definition) is 0. The molecule has 3 rings (SSSR count). The number of aryl methyl sites for hydroxylation is 2. The van der Waals surface area contributed by atoms with E-state index in [9.17, 15) is 13.2 Å². The van der Waals surface area contributed by atoms with Crippen LogP contribution in [0, 0.1) is 13.8 Å². The fourth-order valence-electron chi connectivity index (χ4n) is 3.33. The fourth-order valence-corrected chi connectivity index (χ4v) is 6.58. The number of carbonyl (C=O) groups excluding carboxylic acids is 1. The first kappa shape index (κ1) is 23.4. The van der Waals surface area contributed by atoms with Crippen molar-refractivity contribution in [2.75, 3.05) is 31.9 Å². The Balaban J connectivity index is 1.56. The Bertz CT molecular complexity index is 1010. The van der Waals surface area contributed by atoms with E-state index >= 15 is 0 Å². The van der Waals surface area contributed by atoms with Gasteiger partial charge in [-0.3, -0.25) is 4.79 Å². The molecule has 0 radical (unpaired) electrons. The Morgan fingerprint density at radius 3 is 2.63 bits per heavy atom.